The summed E-state index contributed by atoms with van der Waals surface area (Å²) in [6, 6.07) is 11.6. The number of hydrogen-bond donors (Lipinski definition) is 1. The van der Waals surface area contributed by atoms with Crippen LogP contribution >= 0.6 is 11.3 Å². The van der Waals surface area contributed by atoms with E-state index in [1.807, 2.05) is 48.7 Å². The van der Waals surface area contributed by atoms with Crippen molar-refractivity contribution < 1.29 is 4.79 Å². The van der Waals surface area contributed by atoms with Gasteiger partial charge < -0.3 is 9.88 Å². The van der Waals surface area contributed by atoms with Crippen LogP contribution in [0.15, 0.2) is 46.6 Å². The van der Waals surface area contributed by atoms with Gasteiger partial charge in [0, 0.05) is 12.1 Å². The van der Waals surface area contributed by atoms with Crippen molar-refractivity contribution in [2.75, 3.05) is 6.54 Å². The van der Waals surface area contributed by atoms with Gasteiger partial charge in [-0.15, -0.1) is 11.3 Å². The van der Waals surface area contributed by atoms with Gasteiger partial charge >= 0.3 is 0 Å². The molecular formula is C20H22N2O2S. The highest BCUT2D eigenvalue weighted by Crippen LogP contribution is 2.18. The third kappa shape index (κ3) is 3.82. The molecule has 0 radical (unpaired) electrons. The molecule has 130 valence electrons. The first-order valence-corrected chi connectivity index (χ1v) is 9.42. The van der Waals surface area contributed by atoms with Crippen LogP contribution in [0.5, 0.6) is 0 Å². The molecule has 25 heavy (non-hydrogen) atoms. The normalized spacial score (nSPS) is 11.0. The topological polar surface area (TPSA) is 53.2 Å². The fraction of sp³-hybridized carbons (Fsp3) is 0.300. The molecule has 0 saturated carbocycles. The molecule has 2 heterocycles. The van der Waals surface area contributed by atoms with Crippen LogP contribution in [0.25, 0.3) is 10.9 Å². The molecule has 1 aromatic carbocycles. The van der Waals surface area contributed by atoms with Crippen LogP contribution in [0.4, 0.5) is 0 Å². The molecule has 5 heteroatoms. The number of H-pyrrole nitrogens is 1. The Morgan fingerprint density at radius 2 is 2.08 bits per heavy atom. The number of unbranched alkanes of at least 4 members (excludes halogenated alkanes) is 1. The monoisotopic (exact) mass is 354 g/mol. The number of pyridine rings is 1. The van der Waals surface area contributed by atoms with Crippen molar-refractivity contribution in [2.24, 2.45) is 0 Å². The van der Waals surface area contributed by atoms with Gasteiger partial charge in [-0.1, -0.05) is 37.6 Å². The molecule has 0 fully saturated rings. The first-order valence-electron chi connectivity index (χ1n) is 8.54. The summed E-state index contributed by atoms with van der Waals surface area (Å²) in [6.45, 7) is 5.06. The van der Waals surface area contributed by atoms with Crippen LogP contribution in [0.1, 0.15) is 40.6 Å². The Morgan fingerprint density at radius 1 is 1.24 bits per heavy atom. The third-order valence-corrected chi connectivity index (χ3v) is 5.18. The Morgan fingerprint density at radius 3 is 2.80 bits per heavy atom. The maximum absolute atomic E-state index is 12.8. The van der Waals surface area contributed by atoms with Crippen LogP contribution in [0, 0.1) is 6.92 Å². The molecule has 0 aliphatic heterocycles. The number of carbonyl (C=O) groups is 1. The summed E-state index contributed by atoms with van der Waals surface area (Å²) in [4.78, 5) is 30.7. The second-order valence-electron chi connectivity index (χ2n) is 6.22. The second kappa shape index (κ2) is 7.66. The molecule has 4 nitrogen and oxygen atoms in total. The predicted octanol–water partition coefficient (Wildman–Crippen LogP) is 4.34. The maximum Gasteiger partial charge on any atom is 0.264 e. The quantitative estimate of drug-likeness (QED) is 0.716. The number of carbonyl (C=O) groups excluding carboxylic acids is 1. The molecule has 1 N–H and O–H groups in total. The lowest BCUT2D eigenvalue weighted by Gasteiger charge is -2.22. The zero-order valence-corrected chi connectivity index (χ0v) is 15.4. The molecule has 0 bridgehead atoms. The molecule has 3 aromatic rings. The van der Waals surface area contributed by atoms with E-state index in [-0.39, 0.29) is 11.5 Å². The van der Waals surface area contributed by atoms with E-state index in [2.05, 4.69) is 11.9 Å². The Balaban J connectivity index is 1.93. The van der Waals surface area contributed by atoms with Gasteiger partial charge in [-0.3, -0.25) is 9.59 Å². The Labute approximate surface area is 151 Å². The number of para-hydroxylation sites is 1. The van der Waals surface area contributed by atoms with E-state index in [0.29, 0.717) is 23.5 Å². The Kier molecular flexibility index (Phi) is 5.34. The first-order chi connectivity index (χ1) is 12.1. The molecule has 1 amide bonds. The van der Waals surface area contributed by atoms with Gasteiger partial charge in [0.15, 0.2) is 0 Å². The van der Waals surface area contributed by atoms with E-state index < -0.39 is 0 Å². The third-order valence-electron chi connectivity index (χ3n) is 4.33. The average Bonchev–Trinajstić information content (AvgIpc) is 3.14. The van der Waals surface area contributed by atoms with Gasteiger partial charge in [0.1, 0.15) is 0 Å². The predicted molar refractivity (Wildman–Crippen MR) is 103 cm³/mol. The van der Waals surface area contributed by atoms with Gasteiger partial charge in [-0.2, -0.15) is 0 Å². The van der Waals surface area contributed by atoms with Gasteiger partial charge in [-0.05, 0) is 41.8 Å². The summed E-state index contributed by atoms with van der Waals surface area (Å²) in [7, 11) is 0. The lowest BCUT2D eigenvalue weighted by molar-refractivity contribution is 0.0745. The van der Waals surface area contributed by atoms with Crippen molar-refractivity contribution in [3.05, 3.63) is 68.1 Å². The summed E-state index contributed by atoms with van der Waals surface area (Å²) < 4.78 is 0. The van der Waals surface area contributed by atoms with Gasteiger partial charge in [-0.25, -0.2) is 0 Å². The van der Waals surface area contributed by atoms with Gasteiger partial charge in [0.05, 0.1) is 16.9 Å². The Hall–Kier alpha value is -2.40. The fourth-order valence-electron chi connectivity index (χ4n) is 2.91. The van der Waals surface area contributed by atoms with E-state index in [0.717, 1.165) is 29.3 Å². The minimum absolute atomic E-state index is 0.00723. The van der Waals surface area contributed by atoms with Crippen LogP contribution in [-0.2, 0) is 6.54 Å². The number of thiophene rings is 1. The van der Waals surface area contributed by atoms with Crippen LogP contribution < -0.4 is 5.56 Å². The highest BCUT2D eigenvalue weighted by atomic mass is 32.1. The second-order valence-corrected chi connectivity index (χ2v) is 7.17. The summed E-state index contributed by atoms with van der Waals surface area (Å²) in [5.74, 6) is -0.00723. The smallest absolute Gasteiger partial charge is 0.264 e. The molecule has 0 saturated heterocycles. The zero-order valence-electron chi connectivity index (χ0n) is 14.5. The van der Waals surface area contributed by atoms with Crippen molar-refractivity contribution in [3.8, 4) is 0 Å². The number of aromatic nitrogens is 1. The number of rotatable bonds is 6. The molecule has 0 spiro atoms. The molecule has 0 unspecified atom stereocenters. The SMILES string of the molecule is CCCCN(Cc1cc2cccc(C)c2[nH]c1=O)C(=O)c1cccs1. The van der Waals surface area contributed by atoms with Gasteiger partial charge in [0.25, 0.3) is 11.5 Å². The molecule has 0 aliphatic rings. The number of hydrogen-bond acceptors (Lipinski definition) is 3. The molecule has 0 atom stereocenters. The average molecular weight is 354 g/mol. The van der Waals surface area contributed by atoms with Crippen molar-refractivity contribution in [2.45, 2.75) is 33.2 Å². The first kappa shape index (κ1) is 17.4. The minimum Gasteiger partial charge on any atom is -0.333 e. The molecule has 3 rings (SSSR count). The summed E-state index contributed by atoms with van der Waals surface area (Å²) in [5, 5.41) is 2.89. The number of nitrogens with zero attached hydrogens (tertiary/aromatic N) is 1. The fourth-order valence-corrected chi connectivity index (χ4v) is 3.60. The summed E-state index contributed by atoms with van der Waals surface area (Å²) in [6.07, 6.45) is 1.92. The summed E-state index contributed by atoms with van der Waals surface area (Å²) >= 11 is 1.43. The van der Waals surface area contributed by atoms with Crippen molar-refractivity contribution in [1.82, 2.24) is 9.88 Å². The van der Waals surface area contributed by atoms with Crippen LogP contribution in [0.3, 0.4) is 0 Å². The van der Waals surface area contributed by atoms with E-state index in [1.165, 1.54) is 11.3 Å². The number of fused-ring (bicyclic) bond motifs is 1. The molecule has 2 aromatic heterocycles. The number of nitrogens with one attached hydrogen (secondary N) is 1. The van der Waals surface area contributed by atoms with E-state index >= 15 is 0 Å². The highest BCUT2D eigenvalue weighted by Gasteiger charge is 2.18. The maximum atomic E-state index is 12.8. The Bertz CT molecular complexity index is 929. The minimum atomic E-state index is -0.123. The van der Waals surface area contributed by atoms with Crippen molar-refractivity contribution in [1.29, 1.82) is 0 Å². The van der Waals surface area contributed by atoms with E-state index in [4.69, 9.17) is 0 Å². The van der Waals surface area contributed by atoms with Gasteiger partial charge in [0.2, 0.25) is 0 Å². The largest absolute Gasteiger partial charge is 0.333 e. The number of aryl methyl sites for hydroxylation is 1. The molecular weight excluding hydrogens is 332 g/mol. The number of amides is 1. The van der Waals surface area contributed by atoms with E-state index in [1.54, 1.807) is 4.90 Å². The van der Waals surface area contributed by atoms with Crippen LogP contribution in [0.2, 0.25) is 0 Å². The lowest BCUT2D eigenvalue weighted by Crippen LogP contribution is -2.33. The number of aromatic amines is 1. The lowest BCUT2D eigenvalue weighted by atomic mass is 10.1. The van der Waals surface area contributed by atoms with Crippen molar-refractivity contribution in [3.63, 3.8) is 0 Å². The standard InChI is InChI=1S/C20H22N2O2S/c1-3-4-10-22(20(24)17-9-6-11-25-17)13-16-12-15-8-5-7-14(2)18(15)21-19(16)23/h5-9,11-12H,3-4,10,13H2,1-2H3,(H,21,23). The van der Waals surface area contributed by atoms with Crippen LogP contribution in [-0.4, -0.2) is 22.3 Å². The number of benzene rings is 1. The highest BCUT2D eigenvalue weighted by molar-refractivity contribution is 7.12. The van der Waals surface area contributed by atoms with Crippen molar-refractivity contribution >= 4 is 28.1 Å². The molecule has 0 aliphatic carbocycles. The summed E-state index contributed by atoms with van der Waals surface area (Å²) in [5.41, 5.74) is 2.40. The van der Waals surface area contributed by atoms with E-state index in [9.17, 15) is 9.59 Å². The zero-order chi connectivity index (χ0) is 17.8.